The number of hydrogen-bond acceptors (Lipinski definition) is 3. The Morgan fingerprint density at radius 1 is 1.29 bits per heavy atom. The first-order valence-electron chi connectivity index (χ1n) is 8.27. The van der Waals surface area contributed by atoms with Gasteiger partial charge in [0.15, 0.2) is 0 Å². The quantitative estimate of drug-likeness (QED) is 0.876. The Morgan fingerprint density at radius 3 is 3.00 bits per heavy atom. The van der Waals surface area contributed by atoms with E-state index in [0.717, 1.165) is 25.2 Å². The molecule has 0 spiro atoms. The van der Waals surface area contributed by atoms with E-state index in [1.807, 2.05) is 18.4 Å². The molecule has 1 aromatic carbocycles. The standard InChI is InChI=1S/C18H26N2O/c1-2-11-20(13-16-7-5-6-10-19-16)12-15-14-21-18-9-4-3-8-17(15)18/h3-4,8-9,14,16,19H,2,5-7,10-13H2,1H3. The van der Waals surface area contributed by atoms with Gasteiger partial charge < -0.3 is 9.73 Å². The number of nitrogens with one attached hydrogen (secondary N) is 1. The molecule has 0 radical (unpaired) electrons. The van der Waals surface area contributed by atoms with E-state index in [4.69, 9.17) is 4.42 Å². The smallest absolute Gasteiger partial charge is 0.134 e. The van der Waals surface area contributed by atoms with Crippen molar-refractivity contribution in [1.82, 2.24) is 10.2 Å². The van der Waals surface area contributed by atoms with E-state index in [1.54, 1.807) is 0 Å². The maximum absolute atomic E-state index is 5.68. The number of nitrogens with zero attached hydrogens (tertiary/aromatic N) is 1. The molecule has 1 aliphatic rings. The lowest BCUT2D eigenvalue weighted by Crippen LogP contribution is -2.43. The van der Waals surface area contributed by atoms with Crippen LogP contribution in [-0.2, 0) is 6.54 Å². The highest BCUT2D eigenvalue weighted by atomic mass is 16.3. The summed E-state index contributed by atoms with van der Waals surface area (Å²) in [5, 5.41) is 4.92. The maximum Gasteiger partial charge on any atom is 0.134 e. The minimum absolute atomic E-state index is 0.656. The molecule has 0 saturated carbocycles. The third-order valence-corrected chi connectivity index (χ3v) is 4.39. The minimum atomic E-state index is 0.656. The van der Waals surface area contributed by atoms with Crippen LogP contribution in [0.4, 0.5) is 0 Å². The van der Waals surface area contributed by atoms with E-state index < -0.39 is 0 Å². The molecule has 3 nitrogen and oxygen atoms in total. The molecule has 0 aliphatic carbocycles. The minimum Gasteiger partial charge on any atom is -0.464 e. The van der Waals surface area contributed by atoms with Gasteiger partial charge in [-0.05, 0) is 38.4 Å². The van der Waals surface area contributed by atoms with Crippen molar-refractivity contribution in [3.05, 3.63) is 36.1 Å². The van der Waals surface area contributed by atoms with Gasteiger partial charge in [0.05, 0.1) is 6.26 Å². The topological polar surface area (TPSA) is 28.4 Å². The van der Waals surface area contributed by atoms with Crippen LogP contribution in [-0.4, -0.2) is 30.6 Å². The average Bonchev–Trinajstić information content (AvgIpc) is 2.92. The zero-order valence-electron chi connectivity index (χ0n) is 13.0. The second kappa shape index (κ2) is 7.10. The molecule has 1 N–H and O–H groups in total. The lowest BCUT2D eigenvalue weighted by atomic mass is 10.0. The van der Waals surface area contributed by atoms with E-state index in [9.17, 15) is 0 Å². The Balaban J connectivity index is 1.69. The molecule has 1 fully saturated rings. The van der Waals surface area contributed by atoms with Crippen molar-refractivity contribution in [2.24, 2.45) is 0 Å². The summed E-state index contributed by atoms with van der Waals surface area (Å²) in [5.41, 5.74) is 2.31. The molecular weight excluding hydrogens is 260 g/mol. The fraction of sp³-hybridized carbons (Fsp3) is 0.556. The number of piperidine rings is 1. The molecular formula is C18H26N2O. The van der Waals surface area contributed by atoms with Crippen LogP contribution in [0.15, 0.2) is 34.9 Å². The van der Waals surface area contributed by atoms with Gasteiger partial charge in [0.25, 0.3) is 0 Å². The molecule has 1 unspecified atom stereocenters. The highest BCUT2D eigenvalue weighted by molar-refractivity contribution is 5.80. The number of fused-ring (bicyclic) bond motifs is 1. The van der Waals surface area contributed by atoms with Crippen LogP contribution in [0.1, 0.15) is 38.2 Å². The van der Waals surface area contributed by atoms with Crippen LogP contribution in [0.25, 0.3) is 11.0 Å². The summed E-state index contributed by atoms with van der Waals surface area (Å²) in [5.74, 6) is 0. The molecule has 1 saturated heterocycles. The van der Waals surface area contributed by atoms with Crippen LogP contribution >= 0.6 is 0 Å². The average molecular weight is 286 g/mol. The van der Waals surface area contributed by atoms with Crippen LogP contribution < -0.4 is 5.32 Å². The fourth-order valence-corrected chi connectivity index (χ4v) is 3.34. The molecule has 1 atom stereocenters. The largest absolute Gasteiger partial charge is 0.464 e. The Morgan fingerprint density at radius 2 is 2.19 bits per heavy atom. The van der Waals surface area contributed by atoms with Crippen molar-refractivity contribution in [3.63, 3.8) is 0 Å². The molecule has 0 amide bonds. The molecule has 2 heterocycles. The van der Waals surface area contributed by atoms with E-state index in [2.05, 4.69) is 29.3 Å². The summed E-state index contributed by atoms with van der Waals surface area (Å²) >= 11 is 0. The summed E-state index contributed by atoms with van der Waals surface area (Å²) in [4.78, 5) is 2.57. The number of furan rings is 1. The monoisotopic (exact) mass is 286 g/mol. The summed E-state index contributed by atoms with van der Waals surface area (Å²) in [6.45, 7) is 6.72. The van der Waals surface area contributed by atoms with Gasteiger partial charge in [-0.1, -0.05) is 31.5 Å². The number of hydrogen-bond donors (Lipinski definition) is 1. The van der Waals surface area contributed by atoms with Crippen molar-refractivity contribution in [2.45, 2.75) is 45.2 Å². The Bertz CT molecular complexity index is 557. The highest BCUT2D eigenvalue weighted by Crippen LogP contribution is 2.22. The van der Waals surface area contributed by atoms with Crippen molar-refractivity contribution in [1.29, 1.82) is 0 Å². The number of rotatable bonds is 6. The zero-order valence-corrected chi connectivity index (χ0v) is 13.0. The van der Waals surface area contributed by atoms with E-state index in [0.29, 0.717) is 6.04 Å². The summed E-state index contributed by atoms with van der Waals surface area (Å²) in [6, 6.07) is 8.99. The van der Waals surface area contributed by atoms with Crippen molar-refractivity contribution in [3.8, 4) is 0 Å². The molecule has 3 heteroatoms. The number of para-hydroxylation sites is 1. The molecule has 3 rings (SSSR count). The summed E-state index contributed by atoms with van der Waals surface area (Å²) in [6.07, 6.45) is 7.14. The first kappa shape index (κ1) is 14.6. The first-order chi connectivity index (χ1) is 10.4. The van der Waals surface area contributed by atoms with Crippen molar-refractivity contribution in [2.75, 3.05) is 19.6 Å². The maximum atomic E-state index is 5.68. The predicted molar refractivity (Wildman–Crippen MR) is 87.4 cm³/mol. The SMILES string of the molecule is CCCN(Cc1coc2ccccc12)CC1CCCCN1. The predicted octanol–water partition coefficient (Wildman–Crippen LogP) is 3.79. The second-order valence-corrected chi connectivity index (χ2v) is 6.14. The molecule has 2 aromatic rings. The Hall–Kier alpha value is -1.32. The highest BCUT2D eigenvalue weighted by Gasteiger charge is 2.17. The lowest BCUT2D eigenvalue weighted by molar-refractivity contribution is 0.217. The third kappa shape index (κ3) is 3.66. The zero-order chi connectivity index (χ0) is 14.5. The van der Waals surface area contributed by atoms with Crippen LogP contribution in [0, 0.1) is 0 Å². The van der Waals surface area contributed by atoms with Gasteiger partial charge in [-0.15, -0.1) is 0 Å². The van der Waals surface area contributed by atoms with Crippen molar-refractivity contribution < 1.29 is 4.42 Å². The summed E-state index contributed by atoms with van der Waals surface area (Å²) < 4.78 is 5.68. The molecule has 21 heavy (non-hydrogen) atoms. The van der Waals surface area contributed by atoms with Gasteiger partial charge in [-0.25, -0.2) is 0 Å². The van der Waals surface area contributed by atoms with Gasteiger partial charge in [0.1, 0.15) is 5.58 Å². The molecule has 1 aromatic heterocycles. The van der Waals surface area contributed by atoms with Gasteiger partial charge >= 0.3 is 0 Å². The Labute approximate surface area is 127 Å². The van der Waals surface area contributed by atoms with E-state index >= 15 is 0 Å². The van der Waals surface area contributed by atoms with Gasteiger partial charge in [-0.2, -0.15) is 0 Å². The third-order valence-electron chi connectivity index (χ3n) is 4.39. The number of benzene rings is 1. The molecule has 0 bridgehead atoms. The first-order valence-corrected chi connectivity index (χ1v) is 8.27. The van der Waals surface area contributed by atoms with E-state index in [-0.39, 0.29) is 0 Å². The van der Waals surface area contributed by atoms with Crippen LogP contribution in [0.5, 0.6) is 0 Å². The van der Waals surface area contributed by atoms with Crippen LogP contribution in [0.2, 0.25) is 0 Å². The molecule has 1 aliphatic heterocycles. The fourth-order valence-electron chi connectivity index (χ4n) is 3.34. The second-order valence-electron chi connectivity index (χ2n) is 6.14. The van der Waals surface area contributed by atoms with Gasteiger partial charge in [0.2, 0.25) is 0 Å². The van der Waals surface area contributed by atoms with Gasteiger partial charge in [-0.3, -0.25) is 4.90 Å². The Kier molecular flexibility index (Phi) is 4.94. The van der Waals surface area contributed by atoms with Crippen LogP contribution in [0.3, 0.4) is 0 Å². The van der Waals surface area contributed by atoms with E-state index in [1.165, 1.54) is 43.2 Å². The summed E-state index contributed by atoms with van der Waals surface area (Å²) in [7, 11) is 0. The molecule has 114 valence electrons. The van der Waals surface area contributed by atoms with Gasteiger partial charge in [0, 0.05) is 30.1 Å². The normalized spacial score (nSPS) is 19.4. The van der Waals surface area contributed by atoms with Crippen molar-refractivity contribution >= 4 is 11.0 Å². The lowest BCUT2D eigenvalue weighted by Gasteiger charge is -2.30.